The molecule has 0 spiro atoms. The van der Waals surface area contributed by atoms with Crippen LogP contribution in [0.25, 0.3) is 0 Å². The fraction of sp³-hybridized carbons (Fsp3) is 0.206. The fourth-order valence-electron chi connectivity index (χ4n) is 5.29. The number of aromatic hydroxyl groups is 1. The standard InChI is InChI=1S/C34H35N11O15S6.O3S/c1-19-13-28(30(62-10-4-12-64(52,53)54)17-25(19)42-41-24-8-7-21(45(47)48)15-31(24)66(58,59)60)44-43-27-18-29(61-9-3-11-63(49,50)51)23(35)16-26(27)37-33-38-32(39-34(46)40-33)36-20-5-2-6-22(14-20)65(55,56)57;1-4(2)3/h2,5-8,13-18H,3-4,9-12,35H2,1H3,(H,49,50,51)(H,52,53,54)(H,55,56,57)(H,58,59,60)(H3,36,37,38,39,40,46);. The predicted molar refractivity (Wildman–Crippen MR) is 251 cm³/mol. The van der Waals surface area contributed by atoms with Crippen LogP contribution in [-0.4, -0.2) is 113 Å². The maximum atomic E-state index is 12.1. The van der Waals surface area contributed by atoms with Crippen molar-refractivity contribution in [3.05, 3.63) is 82.4 Å². The van der Waals surface area contributed by atoms with E-state index in [1.807, 2.05) is 0 Å². The summed E-state index contributed by atoms with van der Waals surface area (Å²) in [5, 5.41) is 44.0. The molecule has 0 atom stereocenters. The van der Waals surface area contributed by atoms with E-state index in [2.05, 4.69) is 46.0 Å². The minimum atomic E-state index is -5.01. The van der Waals surface area contributed by atoms with Gasteiger partial charge in [-0.1, -0.05) is 6.07 Å². The molecule has 0 unspecified atom stereocenters. The van der Waals surface area contributed by atoms with E-state index in [-0.39, 0.29) is 70.4 Å². The van der Waals surface area contributed by atoms with E-state index >= 15 is 0 Å². The van der Waals surface area contributed by atoms with Gasteiger partial charge in [0.1, 0.15) is 16.3 Å². The number of rotatable bonds is 21. The molecule has 36 heteroatoms. The van der Waals surface area contributed by atoms with Crippen LogP contribution in [0.4, 0.5) is 57.4 Å². The highest BCUT2D eigenvalue weighted by atomic mass is 32.2. The second kappa shape index (κ2) is 24.0. The molecule has 4 aromatic carbocycles. The molecule has 0 fully saturated rings. The largest absolute Gasteiger partial charge is 0.479 e. The lowest BCUT2D eigenvalue weighted by Gasteiger charge is -2.13. The van der Waals surface area contributed by atoms with Crippen LogP contribution >= 0.6 is 23.5 Å². The van der Waals surface area contributed by atoms with Gasteiger partial charge in [0.05, 0.1) is 38.4 Å². The number of nitro groups is 1. The summed E-state index contributed by atoms with van der Waals surface area (Å²) < 4.78 is 156. The molecule has 5 aromatic rings. The van der Waals surface area contributed by atoms with E-state index in [0.717, 1.165) is 47.8 Å². The van der Waals surface area contributed by atoms with Crippen molar-refractivity contribution >= 4 is 132 Å². The van der Waals surface area contributed by atoms with Crippen LogP contribution in [0.15, 0.2) is 107 Å². The number of aromatic nitrogens is 3. The van der Waals surface area contributed by atoms with Gasteiger partial charge in [0, 0.05) is 33.3 Å². The number of thioether (sulfide) groups is 2. The first-order valence-corrected chi connectivity index (χ1v) is 27.7. The minimum Gasteiger partial charge on any atom is -0.479 e. The molecule has 1 aromatic heterocycles. The van der Waals surface area contributed by atoms with Gasteiger partial charge in [-0.3, -0.25) is 28.3 Å². The van der Waals surface area contributed by atoms with Gasteiger partial charge in [0.2, 0.25) is 11.9 Å². The Balaban J connectivity index is 0.00000256. The summed E-state index contributed by atoms with van der Waals surface area (Å²) in [4.78, 5) is 21.6. The monoisotopic (exact) mass is 1110 g/mol. The zero-order valence-electron chi connectivity index (χ0n) is 35.1. The zero-order valence-corrected chi connectivity index (χ0v) is 40.9. The van der Waals surface area contributed by atoms with Gasteiger partial charge >= 0.3 is 16.6 Å². The molecular weight excluding hydrogens is 1070 g/mol. The summed E-state index contributed by atoms with van der Waals surface area (Å²) in [7, 11) is -21.3. The highest BCUT2D eigenvalue weighted by molar-refractivity contribution is 7.99. The van der Waals surface area contributed by atoms with Crippen molar-refractivity contribution in [2.24, 2.45) is 20.5 Å². The molecule has 5 rings (SSSR count). The second-order valence-corrected chi connectivity index (χ2v) is 22.2. The Morgan fingerprint density at radius 2 is 1.23 bits per heavy atom. The second-order valence-electron chi connectivity index (χ2n) is 13.5. The van der Waals surface area contributed by atoms with Gasteiger partial charge in [-0.15, -0.1) is 51.5 Å². The van der Waals surface area contributed by atoms with Crippen molar-refractivity contribution in [1.29, 1.82) is 0 Å². The number of nitrogens with zero attached hydrogens (tertiary/aromatic N) is 8. The lowest BCUT2D eigenvalue weighted by atomic mass is 10.2. The van der Waals surface area contributed by atoms with Crippen LogP contribution in [0, 0.1) is 17.0 Å². The molecule has 0 saturated heterocycles. The van der Waals surface area contributed by atoms with Crippen molar-refractivity contribution < 1.29 is 74.5 Å². The summed E-state index contributed by atoms with van der Waals surface area (Å²) >= 11 is 2.17. The van der Waals surface area contributed by atoms with Gasteiger partial charge in [0.15, 0.2) is 0 Å². The number of nitrogens with one attached hydrogen (secondary N) is 2. The molecule has 0 aliphatic carbocycles. The molecule has 70 heavy (non-hydrogen) atoms. The maximum absolute atomic E-state index is 12.1. The normalized spacial score (nSPS) is 12.1. The Labute approximate surface area is 406 Å². The third-order valence-electron chi connectivity index (χ3n) is 8.24. The Kier molecular flexibility index (Phi) is 19.3. The van der Waals surface area contributed by atoms with E-state index in [4.69, 9.17) is 18.4 Å². The van der Waals surface area contributed by atoms with E-state index in [9.17, 15) is 67.1 Å². The zero-order chi connectivity index (χ0) is 52.2. The summed E-state index contributed by atoms with van der Waals surface area (Å²) in [6.45, 7) is 1.56. The number of aryl methyl sites for hydroxylation is 1. The number of hydrogen-bond acceptors (Lipinski definition) is 26. The molecule has 29 nitrogen and oxygen atoms in total. The highest BCUT2D eigenvalue weighted by Gasteiger charge is 2.21. The third kappa shape index (κ3) is 18.5. The first-order chi connectivity index (χ1) is 32.5. The van der Waals surface area contributed by atoms with Crippen molar-refractivity contribution in [3.8, 4) is 6.01 Å². The lowest BCUT2D eigenvalue weighted by molar-refractivity contribution is -0.385. The number of azo groups is 2. The minimum absolute atomic E-state index is 0.0306. The van der Waals surface area contributed by atoms with E-state index in [1.54, 1.807) is 6.92 Å². The van der Waals surface area contributed by atoms with Gasteiger partial charge in [0.25, 0.3) is 46.2 Å². The van der Waals surface area contributed by atoms with E-state index in [0.29, 0.717) is 21.4 Å². The molecule has 376 valence electrons. The van der Waals surface area contributed by atoms with Crippen molar-refractivity contribution in [2.45, 2.75) is 39.3 Å². The van der Waals surface area contributed by atoms with Gasteiger partial charge in [-0.25, -0.2) is 0 Å². The predicted octanol–water partition coefficient (Wildman–Crippen LogP) is 5.92. The van der Waals surface area contributed by atoms with Crippen LogP contribution in [0.2, 0.25) is 0 Å². The molecule has 9 N–H and O–H groups in total. The van der Waals surface area contributed by atoms with Crippen molar-refractivity contribution in [1.82, 2.24) is 15.0 Å². The number of anilines is 5. The topological polar surface area (TPSA) is 470 Å². The van der Waals surface area contributed by atoms with E-state index < -0.39 is 94.7 Å². The number of benzene rings is 4. The molecule has 0 radical (unpaired) electrons. The van der Waals surface area contributed by atoms with Crippen LogP contribution in [0.5, 0.6) is 6.01 Å². The number of non-ortho nitro benzene ring substituents is 1. The van der Waals surface area contributed by atoms with Gasteiger partial charge < -0.3 is 21.5 Å². The van der Waals surface area contributed by atoms with Gasteiger partial charge in [-0.05, 0) is 85.4 Å². The molecule has 0 amide bonds. The lowest BCUT2D eigenvalue weighted by Crippen LogP contribution is -2.05. The molecule has 0 bridgehead atoms. The molecule has 0 saturated carbocycles. The maximum Gasteiger partial charge on any atom is 0.425 e. The molecule has 0 aliphatic rings. The molecular formula is C34H35N11O18S7. The number of nitro benzene ring substituents is 1. The summed E-state index contributed by atoms with van der Waals surface area (Å²) in [5.41, 5.74) is 6.25. The first-order valence-electron chi connectivity index (χ1n) is 18.6. The Hall–Kier alpha value is -6.35. The Morgan fingerprint density at radius 1 is 0.686 bits per heavy atom. The first kappa shape index (κ1) is 56.2. The summed E-state index contributed by atoms with van der Waals surface area (Å²) in [6.07, 6.45) is 0.00635. The van der Waals surface area contributed by atoms with Gasteiger partial charge in [-0.2, -0.15) is 53.7 Å². The molecule has 0 aliphatic heterocycles. The van der Waals surface area contributed by atoms with Crippen LogP contribution < -0.4 is 16.4 Å². The average Bonchev–Trinajstić information content (AvgIpc) is 3.22. The molecule has 1 heterocycles. The quantitative estimate of drug-likeness (QED) is 0.00803. The summed E-state index contributed by atoms with van der Waals surface area (Å²) in [6, 6.07) is 12.5. The van der Waals surface area contributed by atoms with E-state index in [1.165, 1.54) is 36.4 Å². The fourth-order valence-corrected chi connectivity index (χ4v) is 9.72. The number of hydrogen-bond donors (Lipinski definition) is 8. The average molecular weight is 1110 g/mol. The Morgan fingerprint density at radius 3 is 1.80 bits per heavy atom. The van der Waals surface area contributed by atoms with Crippen LogP contribution in [-0.2, 0) is 51.1 Å². The number of nitrogen functional groups attached to an aromatic ring is 1. The SMILES string of the molecule is Cc1cc(N=Nc2cc(SCCCS(=O)(=O)O)c(N)cc2Nc2nc(O)nc(Nc3cccc(S(=O)(=O)O)c3)n2)c(SCCCS(=O)(=O)O)cc1N=Nc1ccc([N+](=O)[O-])cc1S(=O)(=O)O.O=S(=O)=O. The Bertz CT molecular complexity index is 3440. The number of nitrogens with two attached hydrogens (primary N) is 1. The van der Waals surface area contributed by atoms with Crippen molar-refractivity contribution in [2.75, 3.05) is 39.4 Å². The third-order valence-corrected chi connectivity index (χ3v) is 13.9. The highest BCUT2D eigenvalue weighted by Crippen LogP contribution is 2.41. The van der Waals surface area contributed by atoms with Crippen LogP contribution in [0.1, 0.15) is 18.4 Å². The summed E-state index contributed by atoms with van der Waals surface area (Å²) in [5.74, 6) is -1.43. The smallest absolute Gasteiger partial charge is 0.425 e. The van der Waals surface area contributed by atoms with Crippen molar-refractivity contribution in [3.63, 3.8) is 0 Å². The van der Waals surface area contributed by atoms with Crippen LogP contribution in [0.3, 0.4) is 0 Å².